The van der Waals surface area contributed by atoms with Gasteiger partial charge in [0.05, 0.1) is 0 Å². The van der Waals surface area contributed by atoms with Crippen molar-refractivity contribution in [1.82, 2.24) is 4.98 Å². The lowest BCUT2D eigenvalue weighted by molar-refractivity contribution is 0.102. The van der Waals surface area contributed by atoms with E-state index in [-0.39, 0.29) is 5.91 Å². The Kier molecular flexibility index (Phi) is 3.80. The molecule has 0 saturated heterocycles. The number of carbonyl (C=O) groups excluding carboxylic acids is 1. The van der Waals surface area contributed by atoms with Crippen molar-refractivity contribution in [2.45, 2.75) is 13.8 Å². The van der Waals surface area contributed by atoms with Crippen LogP contribution in [0.5, 0.6) is 0 Å². The number of benzene rings is 1. The molecule has 2 N–H and O–H groups in total. The minimum atomic E-state index is -0.133. The number of amides is 1. The van der Waals surface area contributed by atoms with Gasteiger partial charge in [0.15, 0.2) is 0 Å². The van der Waals surface area contributed by atoms with Gasteiger partial charge in [-0.25, -0.2) is 4.98 Å². The molecule has 1 amide bonds. The molecule has 1 heterocycles. The fourth-order valence-electron chi connectivity index (χ4n) is 1.86. The fraction of sp³-hybridized carbons (Fsp3) is 0.200. The summed E-state index contributed by atoms with van der Waals surface area (Å²) in [6.07, 6.45) is 1.61. The zero-order valence-electron chi connectivity index (χ0n) is 11.3. The minimum Gasteiger partial charge on any atom is -0.373 e. The summed E-state index contributed by atoms with van der Waals surface area (Å²) in [6, 6.07) is 9.36. The van der Waals surface area contributed by atoms with Crippen LogP contribution in [-0.4, -0.2) is 17.9 Å². The van der Waals surface area contributed by atoms with Crippen molar-refractivity contribution in [3.63, 3.8) is 0 Å². The summed E-state index contributed by atoms with van der Waals surface area (Å²) < 4.78 is 0. The van der Waals surface area contributed by atoms with Gasteiger partial charge in [0, 0.05) is 24.5 Å². The Balaban J connectivity index is 2.20. The number of aryl methyl sites for hydroxylation is 2. The van der Waals surface area contributed by atoms with Gasteiger partial charge in [-0.3, -0.25) is 4.79 Å². The van der Waals surface area contributed by atoms with Crippen LogP contribution >= 0.6 is 0 Å². The summed E-state index contributed by atoms with van der Waals surface area (Å²) in [4.78, 5) is 16.2. The first-order chi connectivity index (χ1) is 9.10. The zero-order chi connectivity index (χ0) is 13.8. The molecule has 1 aromatic heterocycles. The smallest absolute Gasteiger partial charge is 0.255 e. The van der Waals surface area contributed by atoms with Crippen molar-refractivity contribution in [1.29, 1.82) is 0 Å². The van der Waals surface area contributed by atoms with E-state index in [2.05, 4.69) is 15.6 Å². The lowest BCUT2D eigenvalue weighted by Gasteiger charge is -2.09. The Hall–Kier alpha value is -2.36. The topological polar surface area (TPSA) is 54.0 Å². The Morgan fingerprint density at radius 3 is 2.63 bits per heavy atom. The predicted molar refractivity (Wildman–Crippen MR) is 77.7 cm³/mol. The molecule has 0 aliphatic carbocycles. The lowest BCUT2D eigenvalue weighted by Crippen LogP contribution is -2.13. The van der Waals surface area contributed by atoms with E-state index in [1.165, 1.54) is 5.56 Å². The largest absolute Gasteiger partial charge is 0.373 e. The van der Waals surface area contributed by atoms with Crippen LogP contribution in [0.15, 0.2) is 36.5 Å². The van der Waals surface area contributed by atoms with Crippen molar-refractivity contribution in [2.24, 2.45) is 0 Å². The first-order valence-electron chi connectivity index (χ1n) is 6.12. The van der Waals surface area contributed by atoms with Crippen LogP contribution in [-0.2, 0) is 0 Å². The number of hydrogen-bond donors (Lipinski definition) is 2. The SMILES string of the molecule is CNc1cc(C(=O)Nc2ccc(C)cc2C)ccn1. The highest BCUT2D eigenvalue weighted by Crippen LogP contribution is 2.17. The van der Waals surface area contributed by atoms with Gasteiger partial charge in [-0.2, -0.15) is 0 Å². The first-order valence-corrected chi connectivity index (χ1v) is 6.12. The number of carbonyl (C=O) groups is 1. The Labute approximate surface area is 112 Å². The first kappa shape index (κ1) is 13.1. The number of rotatable bonds is 3. The summed E-state index contributed by atoms with van der Waals surface area (Å²) in [7, 11) is 1.77. The predicted octanol–water partition coefficient (Wildman–Crippen LogP) is 2.99. The van der Waals surface area contributed by atoms with Crippen LogP contribution in [0.2, 0.25) is 0 Å². The monoisotopic (exact) mass is 255 g/mol. The summed E-state index contributed by atoms with van der Waals surface area (Å²) in [6.45, 7) is 4.01. The molecule has 0 aliphatic rings. The molecular weight excluding hydrogens is 238 g/mol. The molecule has 0 aliphatic heterocycles. The van der Waals surface area contributed by atoms with E-state index in [0.29, 0.717) is 11.4 Å². The van der Waals surface area contributed by atoms with E-state index in [1.807, 2.05) is 32.0 Å². The summed E-state index contributed by atoms with van der Waals surface area (Å²) in [5, 5.41) is 5.82. The molecule has 0 fully saturated rings. The Bertz CT molecular complexity index is 608. The Morgan fingerprint density at radius 1 is 1.16 bits per heavy atom. The van der Waals surface area contributed by atoms with Crippen LogP contribution in [0.4, 0.5) is 11.5 Å². The molecule has 0 saturated carbocycles. The van der Waals surface area contributed by atoms with E-state index >= 15 is 0 Å². The maximum absolute atomic E-state index is 12.2. The molecule has 0 spiro atoms. The third-order valence-corrected chi connectivity index (χ3v) is 2.91. The Morgan fingerprint density at radius 2 is 1.95 bits per heavy atom. The molecule has 4 nitrogen and oxygen atoms in total. The number of hydrogen-bond acceptors (Lipinski definition) is 3. The van der Waals surface area contributed by atoms with E-state index in [9.17, 15) is 4.79 Å². The molecule has 98 valence electrons. The van der Waals surface area contributed by atoms with Crippen molar-refractivity contribution in [3.8, 4) is 0 Å². The third kappa shape index (κ3) is 3.10. The standard InChI is InChI=1S/C15H17N3O/c1-10-4-5-13(11(2)8-10)18-15(19)12-6-7-17-14(9-12)16-3/h4-9H,1-3H3,(H,16,17)(H,18,19). The molecule has 0 bridgehead atoms. The molecule has 0 unspecified atom stereocenters. The number of pyridine rings is 1. The molecule has 0 radical (unpaired) electrons. The van der Waals surface area contributed by atoms with Gasteiger partial charge in [-0.1, -0.05) is 17.7 Å². The maximum Gasteiger partial charge on any atom is 0.255 e. The summed E-state index contributed by atoms with van der Waals surface area (Å²) >= 11 is 0. The second-order valence-corrected chi connectivity index (χ2v) is 4.45. The van der Waals surface area contributed by atoms with Crippen LogP contribution in [0, 0.1) is 13.8 Å². The van der Waals surface area contributed by atoms with Gasteiger partial charge in [0.1, 0.15) is 5.82 Å². The highest BCUT2D eigenvalue weighted by atomic mass is 16.1. The van der Waals surface area contributed by atoms with Crippen LogP contribution in [0.1, 0.15) is 21.5 Å². The van der Waals surface area contributed by atoms with Crippen molar-refractivity contribution >= 4 is 17.4 Å². The van der Waals surface area contributed by atoms with Gasteiger partial charge in [-0.05, 0) is 37.6 Å². The van der Waals surface area contributed by atoms with E-state index < -0.39 is 0 Å². The van der Waals surface area contributed by atoms with Gasteiger partial charge in [-0.15, -0.1) is 0 Å². The van der Waals surface area contributed by atoms with E-state index in [4.69, 9.17) is 0 Å². The molecule has 19 heavy (non-hydrogen) atoms. The van der Waals surface area contributed by atoms with Crippen molar-refractivity contribution in [3.05, 3.63) is 53.2 Å². The maximum atomic E-state index is 12.2. The second-order valence-electron chi connectivity index (χ2n) is 4.45. The molecule has 4 heteroatoms. The molecule has 2 aromatic rings. The highest BCUT2D eigenvalue weighted by molar-refractivity contribution is 6.05. The summed E-state index contributed by atoms with van der Waals surface area (Å²) in [5.74, 6) is 0.541. The van der Waals surface area contributed by atoms with Gasteiger partial charge >= 0.3 is 0 Å². The quantitative estimate of drug-likeness (QED) is 0.886. The number of nitrogens with one attached hydrogen (secondary N) is 2. The minimum absolute atomic E-state index is 0.133. The van der Waals surface area contributed by atoms with Gasteiger partial charge < -0.3 is 10.6 Å². The summed E-state index contributed by atoms with van der Waals surface area (Å²) in [5.41, 5.74) is 3.64. The van der Waals surface area contributed by atoms with Gasteiger partial charge in [0.2, 0.25) is 0 Å². The van der Waals surface area contributed by atoms with E-state index in [1.54, 1.807) is 25.4 Å². The fourth-order valence-corrected chi connectivity index (χ4v) is 1.86. The molecule has 2 rings (SSSR count). The van der Waals surface area contributed by atoms with Crippen molar-refractivity contribution in [2.75, 3.05) is 17.7 Å². The second kappa shape index (κ2) is 5.52. The molecular formula is C15H17N3O. The normalized spacial score (nSPS) is 10.1. The van der Waals surface area contributed by atoms with E-state index in [0.717, 1.165) is 11.3 Å². The van der Waals surface area contributed by atoms with Crippen molar-refractivity contribution < 1.29 is 4.79 Å². The third-order valence-electron chi connectivity index (χ3n) is 2.91. The number of anilines is 2. The number of aromatic nitrogens is 1. The zero-order valence-corrected chi connectivity index (χ0v) is 11.3. The lowest BCUT2D eigenvalue weighted by atomic mass is 10.1. The molecule has 0 atom stereocenters. The average Bonchev–Trinajstić information content (AvgIpc) is 2.42. The van der Waals surface area contributed by atoms with Crippen LogP contribution < -0.4 is 10.6 Å². The van der Waals surface area contributed by atoms with Crippen LogP contribution in [0.3, 0.4) is 0 Å². The highest BCUT2D eigenvalue weighted by Gasteiger charge is 2.08. The molecule has 1 aromatic carbocycles. The van der Waals surface area contributed by atoms with Crippen LogP contribution in [0.25, 0.3) is 0 Å². The number of nitrogens with zero attached hydrogens (tertiary/aromatic N) is 1. The van der Waals surface area contributed by atoms with Gasteiger partial charge in [0.25, 0.3) is 5.91 Å². The average molecular weight is 255 g/mol.